The lowest BCUT2D eigenvalue weighted by Gasteiger charge is -2.05. The molecule has 1 amide bonds. The molecule has 17 heavy (non-hydrogen) atoms. The van der Waals surface area contributed by atoms with Gasteiger partial charge in [0.2, 0.25) is 0 Å². The molecule has 0 bridgehead atoms. The van der Waals surface area contributed by atoms with E-state index in [1.54, 1.807) is 24.3 Å². The van der Waals surface area contributed by atoms with Gasteiger partial charge >= 0.3 is 0 Å². The number of nitrogens with two attached hydrogens (primary N) is 1. The maximum atomic E-state index is 11.8. The minimum absolute atomic E-state index is 0.0463. The third-order valence-corrected chi connectivity index (χ3v) is 2.15. The molecular formula is C12H11N3O2. The van der Waals surface area contributed by atoms with Crippen LogP contribution in [0.25, 0.3) is 0 Å². The lowest BCUT2D eigenvalue weighted by Crippen LogP contribution is -2.11. The molecule has 1 heterocycles. The molecule has 0 unspecified atom stereocenters. The third kappa shape index (κ3) is 2.72. The molecule has 2 rings (SSSR count). The molecule has 4 N–H and O–H groups in total. The van der Waals surface area contributed by atoms with Gasteiger partial charge in [0.05, 0.1) is 11.8 Å². The van der Waals surface area contributed by atoms with Crippen LogP contribution in [-0.2, 0) is 0 Å². The van der Waals surface area contributed by atoms with E-state index in [9.17, 15) is 9.90 Å². The van der Waals surface area contributed by atoms with Crippen molar-refractivity contribution in [3.05, 3.63) is 48.3 Å². The molecule has 0 fully saturated rings. The summed E-state index contributed by atoms with van der Waals surface area (Å²) >= 11 is 0. The van der Waals surface area contributed by atoms with Crippen molar-refractivity contribution in [1.82, 2.24) is 4.98 Å². The van der Waals surface area contributed by atoms with E-state index < -0.39 is 0 Å². The molecule has 0 spiro atoms. The molecule has 0 saturated heterocycles. The van der Waals surface area contributed by atoms with Gasteiger partial charge in [0, 0.05) is 17.6 Å². The Morgan fingerprint density at radius 3 is 2.59 bits per heavy atom. The second-order valence-electron chi connectivity index (χ2n) is 3.51. The van der Waals surface area contributed by atoms with Gasteiger partial charge in [-0.15, -0.1) is 0 Å². The van der Waals surface area contributed by atoms with Gasteiger partial charge in [0.15, 0.2) is 0 Å². The van der Waals surface area contributed by atoms with Crippen molar-refractivity contribution < 1.29 is 9.90 Å². The molecule has 0 atom stereocenters. The molecule has 5 heteroatoms. The molecule has 5 nitrogen and oxygen atoms in total. The Kier molecular flexibility index (Phi) is 2.91. The molecule has 0 aliphatic rings. The van der Waals surface area contributed by atoms with Crippen molar-refractivity contribution in [1.29, 1.82) is 0 Å². The number of nitrogen functional groups attached to an aromatic ring is 1. The van der Waals surface area contributed by atoms with Gasteiger partial charge in [-0.1, -0.05) is 0 Å². The number of anilines is 2. The summed E-state index contributed by atoms with van der Waals surface area (Å²) in [6.07, 6.45) is 2.65. The quantitative estimate of drug-likeness (QED) is 0.683. The Morgan fingerprint density at radius 1 is 1.24 bits per heavy atom. The first kappa shape index (κ1) is 10.9. The normalized spacial score (nSPS) is 9.88. The fraction of sp³-hybridized carbons (Fsp3) is 0. The third-order valence-electron chi connectivity index (χ3n) is 2.15. The summed E-state index contributed by atoms with van der Waals surface area (Å²) in [7, 11) is 0. The van der Waals surface area contributed by atoms with Crippen LogP contribution < -0.4 is 11.1 Å². The minimum atomic E-state index is -0.335. The van der Waals surface area contributed by atoms with Crippen LogP contribution in [0.1, 0.15) is 10.4 Å². The van der Waals surface area contributed by atoms with Crippen molar-refractivity contribution in [3.63, 3.8) is 0 Å². The van der Waals surface area contributed by atoms with Crippen LogP contribution >= 0.6 is 0 Å². The summed E-state index contributed by atoms with van der Waals surface area (Å²) in [5, 5.41) is 11.9. The highest BCUT2D eigenvalue weighted by atomic mass is 16.3. The molecule has 86 valence electrons. The summed E-state index contributed by atoms with van der Waals surface area (Å²) in [6.45, 7) is 0. The topological polar surface area (TPSA) is 88.2 Å². The number of rotatable bonds is 2. The van der Waals surface area contributed by atoms with E-state index in [4.69, 9.17) is 5.73 Å². The average Bonchev–Trinajstić information content (AvgIpc) is 2.32. The largest absolute Gasteiger partial charge is 0.506 e. The smallest absolute Gasteiger partial charge is 0.257 e. The van der Waals surface area contributed by atoms with Crippen LogP contribution in [0.15, 0.2) is 42.7 Å². The highest BCUT2D eigenvalue weighted by molar-refractivity contribution is 6.04. The fourth-order valence-electron chi connectivity index (χ4n) is 1.32. The van der Waals surface area contributed by atoms with Crippen LogP contribution in [-0.4, -0.2) is 16.0 Å². The molecule has 1 aromatic carbocycles. The second-order valence-corrected chi connectivity index (χ2v) is 3.51. The number of carbonyl (C=O) groups is 1. The molecule has 0 aliphatic carbocycles. The molecular weight excluding hydrogens is 218 g/mol. The van der Waals surface area contributed by atoms with Crippen molar-refractivity contribution in [2.24, 2.45) is 0 Å². The highest BCUT2D eigenvalue weighted by Gasteiger charge is 2.06. The maximum Gasteiger partial charge on any atom is 0.257 e. The molecule has 0 saturated carbocycles. The summed E-state index contributed by atoms with van der Waals surface area (Å²) < 4.78 is 0. The molecule has 0 aliphatic heterocycles. The van der Waals surface area contributed by atoms with Crippen LogP contribution in [0.2, 0.25) is 0 Å². The predicted molar refractivity (Wildman–Crippen MR) is 64.7 cm³/mol. The SMILES string of the molecule is Nc1ccc(NC(=O)c2cncc(O)c2)cc1. The van der Waals surface area contributed by atoms with E-state index in [0.29, 0.717) is 16.9 Å². The number of benzene rings is 1. The highest BCUT2D eigenvalue weighted by Crippen LogP contribution is 2.13. The molecule has 1 aromatic heterocycles. The molecule has 2 aromatic rings. The number of hydrogen-bond acceptors (Lipinski definition) is 4. The van der Waals surface area contributed by atoms with Crippen LogP contribution in [0.5, 0.6) is 5.75 Å². The Labute approximate surface area is 97.9 Å². The Morgan fingerprint density at radius 2 is 1.94 bits per heavy atom. The number of hydrogen-bond donors (Lipinski definition) is 3. The summed E-state index contributed by atoms with van der Waals surface area (Å²) in [5.74, 6) is -0.381. The van der Waals surface area contributed by atoms with Crippen LogP contribution in [0, 0.1) is 0 Å². The van der Waals surface area contributed by atoms with E-state index in [0.717, 1.165) is 0 Å². The predicted octanol–water partition coefficient (Wildman–Crippen LogP) is 1.62. The molecule has 0 radical (unpaired) electrons. The summed E-state index contributed by atoms with van der Waals surface area (Å²) in [4.78, 5) is 15.5. The van der Waals surface area contributed by atoms with Crippen molar-refractivity contribution in [3.8, 4) is 5.75 Å². The van der Waals surface area contributed by atoms with Gasteiger partial charge in [0.1, 0.15) is 5.75 Å². The van der Waals surface area contributed by atoms with E-state index in [-0.39, 0.29) is 11.7 Å². The van der Waals surface area contributed by atoms with E-state index >= 15 is 0 Å². The number of amides is 1. The first-order valence-corrected chi connectivity index (χ1v) is 4.96. The van der Waals surface area contributed by atoms with Crippen LogP contribution in [0.4, 0.5) is 11.4 Å². The summed E-state index contributed by atoms with van der Waals surface area (Å²) in [5.41, 5.74) is 7.08. The monoisotopic (exact) mass is 229 g/mol. The number of nitrogens with zero attached hydrogens (tertiary/aromatic N) is 1. The zero-order chi connectivity index (χ0) is 12.3. The van der Waals surface area contributed by atoms with Gasteiger partial charge in [-0.05, 0) is 30.3 Å². The van der Waals surface area contributed by atoms with Gasteiger partial charge < -0.3 is 16.2 Å². The lowest BCUT2D eigenvalue weighted by atomic mass is 10.2. The van der Waals surface area contributed by atoms with Crippen molar-refractivity contribution in [2.75, 3.05) is 11.1 Å². The van der Waals surface area contributed by atoms with E-state index in [1.807, 2.05) is 0 Å². The zero-order valence-corrected chi connectivity index (χ0v) is 8.92. The van der Waals surface area contributed by atoms with Gasteiger partial charge in [-0.25, -0.2) is 0 Å². The Bertz CT molecular complexity index is 538. The van der Waals surface area contributed by atoms with Crippen LogP contribution in [0.3, 0.4) is 0 Å². The Balaban J connectivity index is 2.14. The lowest BCUT2D eigenvalue weighted by molar-refractivity contribution is 0.102. The first-order chi connectivity index (χ1) is 8.15. The summed E-state index contributed by atoms with van der Waals surface area (Å²) in [6, 6.07) is 8.12. The van der Waals surface area contributed by atoms with Gasteiger partial charge in [0.25, 0.3) is 5.91 Å². The van der Waals surface area contributed by atoms with Gasteiger partial charge in [-0.3, -0.25) is 9.78 Å². The number of carbonyl (C=O) groups excluding carboxylic acids is 1. The van der Waals surface area contributed by atoms with Crippen molar-refractivity contribution >= 4 is 17.3 Å². The maximum absolute atomic E-state index is 11.8. The number of pyridine rings is 1. The minimum Gasteiger partial charge on any atom is -0.506 e. The van der Waals surface area contributed by atoms with E-state index in [1.165, 1.54) is 18.5 Å². The fourth-order valence-corrected chi connectivity index (χ4v) is 1.32. The van der Waals surface area contributed by atoms with E-state index in [2.05, 4.69) is 10.3 Å². The van der Waals surface area contributed by atoms with Gasteiger partial charge in [-0.2, -0.15) is 0 Å². The average molecular weight is 229 g/mol. The first-order valence-electron chi connectivity index (χ1n) is 4.96. The Hall–Kier alpha value is -2.56. The number of aromatic hydroxyl groups is 1. The zero-order valence-electron chi connectivity index (χ0n) is 8.92. The van der Waals surface area contributed by atoms with Crippen molar-refractivity contribution in [2.45, 2.75) is 0 Å². The second kappa shape index (κ2) is 4.52. The standard InChI is InChI=1S/C12H11N3O2/c13-9-1-3-10(4-2-9)15-12(17)8-5-11(16)7-14-6-8/h1-7,16H,13H2,(H,15,17). The number of aromatic nitrogens is 1. The number of nitrogens with one attached hydrogen (secondary N) is 1.